The highest BCUT2D eigenvalue weighted by molar-refractivity contribution is 5.91. The molecular weight excluding hydrogens is 152 g/mol. The molecule has 12 heavy (non-hydrogen) atoms. The Bertz CT molecular complexity index is 356. The molecule has 0 fully saturated rings. The number of hydrogen-bond donors (Lipinski definition) is 0. The maximum absolute atomic E-state index is 11.6. The first kappa shape index (κ1) is 7.46. The van der Waals surface area contributed by atoms with Crippen molar-refractivity contribution in [2.45, 2.75) is 6.92 Å². The normalized spacial score (nSPS) is 25.9. The van der Waals surface area contributed by atoms with Gasteiger partial charge in [-0.2, -0.15) is 0 Å². The van der Waals surface area contributed by atoms with Gasteiger partial charge in [0.1, 0.15) is 0 Å². The molecule has 0 amide bonds. The summed E-state index contributed by atoms with van der Waals surface area (Å²) in [6.45, 7) is 1.97. The van der Waals surface area contributed by atoms with Gasteiger partial charge in [-0.25, -0.2) is 4.76 Å². The van der Waals surface area contributed by atoms with Crippen LogP contribution in [0.2, 0.25) is 0 Å². The van der Waals surface area contributed by atoms with E-state index in [9.17, 15) is 5.21 Å². The minimum Gasteiger partial charge on any atom is -0.600 e. The monoisotopic (exact) mass is 162 g/mol. The predicted octanol–water partition coefficient (Wildman–Crippen LogP) is 1.78. The van der Waals surface area contributed by atoms with E-state index in [0.29, 0.717) is 0 Å². The molecule has 1 heterocycles. The van der Waals surface area contributed by atoms with Crippen LogP contribution in [-0.4, -0.2) is 13.3 Å². The van der Waals surface area contributed by atoms with Gasteiger partial charge >= 0.3 is 0 Å². The standard InChI is InChI=1S/C9H10N2O/c1-7-3-4-8-6-10-11(2,12)9(8)5-7/h3-6H,1-2H3. The molecule has 0 saturated heterocycles. The molecule has 3 nitrogen and oxygen atoms in total. The van der Waals surface area contributed by atoms with Crippen LogP contribution in [0, 0.1) is 12.1 Å². The molecule has 0 aromatic heterocycles. The lowest BCUT2D eigenvalue weighted by molar-refractivity contribution is 0.488. The van der Waals surface area contributed by atoms with Crippen LogP contribution < -0.4 is 4.76 Å². The van der Waals surface area contributed by atoms with Gasteiger partial charge in [-0.3, -0.25) is 0 Å². The van der Waals surface area contributed by atoms with E-state index in [1.807, 2.05) is 25.1 Å². The summed E-state index contributed by atoms with van der Waals surface area (Å²) in [7, 11) is 1.53. The molecule has 1 aliphatic heterocycles. The number of nitrogens with zero attached hydrogens (tertiary/aromatic N) is 2. The number of benzene rings is 1. The fourth-order valence-electron chi connectivity index (χ4n) is 1.36. The highest BCUT2D eigenvalue weighted by atomic mass is 16.6. The van der Waals surface area contributed by atoms with Crippen molar-refractivity contribution < 1.29 is 0 Å². The van der Waals surface area contributed by atoms with Crippen LogP contribution in [-0.2, 0) is 0 Å². The summed E-state index contributed by atoms with van der Waals surface area (Å²) >= 11 is 0. The van der Waals surface area contributed by atoms with Crippen molar-refractivity contribution in [3.63, 3.8) is 0 Å². The molecule has 62 valence electrons. The number of hydroxylamine groups is 1. The van der Waals surface area contributed by atoms with E-state index in [-0.39, 0.29) is 0 Å². The third-order valence-electron chi connectivity index (χ3n) is 2.05. The summed E-state index contributed by atoms with van der Waals surface area (Å²) in [5.41, 5.74) is 2.76. The smallest absolute Gasteiger partial charge is 0.168 e. The average Bonchev–Trinajstić information content (AvgIpc) is 2.28. The second kappa shape index (κ2) is 2.15. The summed E-state index contributed by atoms with van der Waals surface area (Å²) in [6.07, 6.45) is 1.63. The molecule has 1 unspecified atom stereocenters. The number of rotatable bonds is 0. The SMILES string of the molecule is Cc1ccc2c(c1)[N+](C)([O-])N=C2. The quantitative estimate of drug-likeness (QED) is 0.423. The maximum atomic E-state index is 11.6. The van der Waals surface area contributed by atoms with Crippen LogP contribution in [0.3, 0.4) is 0 Å². The second-order valence-corrected chi connectivity index (χ2v) is 3.19. The molecule has 3 heteroatoms. The maximum Gasteiger partial charge on any atom is 0.168 e. The second-order valence-electron chi connectivity index (χ2n) is 3.19. The third kappa shape index (κ3) is 0.948. The Balaban J connectivity index is 2.63. The minimum atomic E-state index is -0.628. The first-order valence-corrected chi connectivity index (χ1v) is 3.84. The van der Waals surface area contributed by atoms with E-state index in [1.54, 1.807) is 6.21 Å². The Morgan fingerprint density at radius 3 is 2.92 bits per heavy atom. The lowest BCUT2D eigenvalue weighted by Gasteiger charge is -2.27. The van der Waals surface area contributed by atoms with Gasteiger partial charge in [0.15, 0.2) is 5.69 Å². The van der Waals surface area contributed by atoms with Crippen molar-refractivity contribution in [3.8, 4) is 0 Å². The van der Waals surface area contributed by atoms with Gasteiger partial charge in [0.25, 0.3) is 0 Å². The zero-order chi connectivity index (χ0) is 8.77. The van der Waals surface area contributed by atoms with Crippen molar-refractivity contribution in [2.24, 2.45) is 5.10 Å². The van der Waals surface area contributed by atoms with Crippen LogP contribution in [0.25, 0.3) is 0 Å². The Kier molecular flexibility index (Phi) is 1.34. The Labute approximate surface area is 71.1 Å². The molecule has 0 N–H and O–H groups in total. The number of quaternary nitrogens is 1. The first-order valence-electron chi connectivity index (χ1n) is 3.84. The summed E-state index contributed by atoms with van der Waals surface area (Å²) in [5, 5.41) is 15.5. The van der Waals surface area contributed by atoms with E-state index in [2.05, 4.69) is 5.10 Å². The molecule has 2 rings (SSSR count). The molecule has 1 aliphatic rings. The van der Waals surface area contributed by atoms with E-state index in [1.165, 1.54) is 7.05 Å². The zero-order valence-electron chi connectivity index (χ0n) is 7.11. The Morgan fingerprint density at radius 1 is 1.42 bits per heavy atom. The van der Waals surface area contributed by atoms with E-state index < -0.39 is 4.76 Å². The predicted molar refractivity (Wildman–Crippen MR) is 49.9 cm³/mol. The summed E-state index contributed by atoms with van der Waals surface area (Å²) < 4.78 is -0.628. The van der Waals surface area contributed by atoms with Gasteiger partial charge in [0, 0.05) is 6.07 Å². The van der Waals surface area contributed by atoms with Crippen LogP contribution in [0.15, 0.2) is 23.3 Å². The van der Waals surface area contributed by atoms with Crippen LogP contribution >= 0.6 is 0 Å². The van der Waals surface area contributed by atoms with Crippen molar-refractivity contribution >= 4 is 11.9 Å². The summed E-state index contributed by atoms with van der Waals surface area (Å²) in [4.78, 5) is 0. The van der Waals surface area contributed by atoms with Crippen LogP contribution in [0.5, 0.6) is 0 Å². The Morgan fingerprint density at radius 2 is 2.17 bits per heavy atom. The van der Waals surface area contributed by atoms with Gasteiger partial charge in [-0.05, 0) is 18.6 Å². The topological polar surface area (TPSA) is 35.4 Å². The minimum absolute atomic E-state index is 0.628. The van der Waals surface area contributed by atoms with E-state index >= 15 is 0 Å². The van der Waals surface area contributed by atoms with Gasteiger partial charge in [-0.1, -0.05) is 11.2 Å². The highest BCUT2D eigenvalue weighted by Crippen LogP contribution is 2.29. The van der Waals surface area contributed by atoms with E-state index in [4.69, 9.17) is 0 Å². The highest BCUT2D eigenvalue weighted by Gasteiger charge is 2.23. The first-order chi connectivity index (χ1) is 5.59. The van der Waals surface area contributed by atoms with Crippen LogP contribution in [0.4, 0.5) is 5.69 Å². The van der Waals surface area contributed by atoms with Crippen molar-refractivity contribution in [2.75, 3.05) is 7.05 Å². The lowest BCUT2D eigenvalue weighted by atomic mass is 10.1. The average molecular weight is 162 g/mol. The summed E-state index contributed by atoms with van der Waals surface area (Å²) in [6, 6.07) is 5.79. The fourth-order valence-corrected chi connectivity index (χ4v) is 1.36. The Hall–Kier alpha value is -1.19. The van der Waals surface area contributed by atoms with Gasteiger partial charge in [0.2, 0.25) is 0 Å². The van der Waals surface area contributed by atoms with Crippen molar-refractivity contribution in [3.05, 3.63) is 34.5 Å². The largest absolute Gasteiger partial charge is 0.600 e. The van der Waals surface area contributed by atoms with Crippen LogP contribution in [0.1, 0.15) is 11.1 Å². The lowest BCUT2D eigenvalue weighted by Crippen LogP contribution is -2.28. The summed E-state index contributed by atoms with van der Waals surface area (Å²) in [5.74, 6) is 0. The number of hydrogen-bond acceptors (Lipinski definition) is 2. The van der Waals surface area contributed by atoms with E-state index in [0.717, 1.165) is 16.8 Å². The molecule has 0 saturated carbocycles. The van der Waals surface area contributed by atoms with Gasteiger partial charge in [0.05, 0.1) is 18.8 Å². The molecule has 0 bridgehead atoms. The zero-order valence-corrected chi connectivity index (χ0v) is 7.11. The molecule has 0 spiro atoms. The molecule has 1 aromatic carbocycles. The molecular formula is C9H10N2O. The number of fused-ring (bicyclic) bond motifs is 1. The van der Waals surface area contributed by atoms with Crippen molar-refractivity contribution in [1.29, 1.82) is 0 Å². The molecule has 1 atom stereocenters. The van der Waals surface area contributed by atoms with Gasteiger partial charge < -0.3 is 5.21 Å². The van der Waals surface area contributed by atoms with Gasteiger partial charge in [-0.15, -0.1) is 0 Å². The molecule has 1 aromatic rings. The molecule has 0 radical (unpaired) electrons. The number of aryl methyl sites for hydroxylation is 1. The third-order valence-corrected chi connectivity index (χ3v) is 2.05. The van der Waals surface area contributed by atoms with Crippen molar-refractivity contribution in [1.82, 2.24) is 4.76 Å². The fraction of sp³-hybridized carbons (Fsp3) is 0.222. The molecule has 0 aliphatic carbocycles.